The van der Waals surface area contributed by atoms with Gasteiger partial charge in [-0.25, -0.2) is 9.97 Å². The Labute approximate surface area is 133 Å². The molecule has 2 rings (SSSR count). The summed E-state index contributed by atoms with van der Waals surface area (Å²) < 4.78 is 0.996. The Hall–Kier alpha value is -1.82. The number of aromatic nitrogens is 2. The summed E-state index contributed by atoms with van der Waals surface area (Å²) in [6, 6.07) is 7.84. The Morgan fingerprint density at radius 2 is 2.00 bits per heavy atom. The predicted molar refractivity (Wildman–Crippen MR) is 91.8 cm³/mol. The molecule has 21 heavy (non-hydrogen) atoms. The molecule has 0 unspecified atom stereocenters. The summed E-state index contributed by atoms with van der Waals surface area (Å²) in [5, 5.41) is 6.46. The molecular formula is C15H20BrN5. The molecule has 0 aliphatic carbocycles. The maximum atomic E-state index is 6.12. The Morgan fingerprint density at radius 1 is 1.24 bits per heavy atom. The topological polar surface area (TPSA) is 75.9 Å². The van der Waals surface area contributed by atoms with E-state index < -0.39 is 0 Å². The summed E-state index contributed by atoms with van der Waals surface area (Å²) in [4.78, 5) is 8.40. The zero-order chi connectivity index (χ0) is 15.2. The van der Waals surface area contributed by atoms with Crippen LogP contribution in [0.2, 0.25) is 0 Å². The van der Waals surface area contributed by atoms with Crippen molar-refractivity contribution in [3.05, 3.63) is 35.1 Å². The van der Waals surface area contributed by atoms with E-state index in [1.165, 1.54) is 6.33 Å². The fourth-order valence-corrected chi connectivity index (χ4v) is 2.22. The van der Waals surface area contributed by atoms with Crippen molar-refractivity contribution in [3.63, 3.8) is 0 Å². The van der Waals surface area contributed by atoms with Gasteiger partial charge in [0, 0.05) is 16.7 Å². The van der Waals surface area contributed by atoms with Crippen LogP contribution in [-0.4, -0.2) is 16.5 Å². The molecule has 0 aliphatic rings. The third-order valence-electron chi connectivity index (χ3n) is 2.99. The molecule has 4 N–H and O–H groups in total. The van der Waals surface area contributed by atoms with Crippen LogP contribution in [0, 0.1) is 5.92 Å². The van der Waals surface area contributed by atoms with Crippen molar-refractivity contribution in [1.82, 2.24) is 9.97 Å². The molecule has 1 heterocycles. The van der Waals surface area contributed by atoms with E-state index in [0.29, 0.717) is 23.2 Å². The highest BCUT2D eigenvalue weighted by molar-refractivity contribution is 9.10. The Morgan fingerprint density at radius 3 is 2.71 bits per heavy atom. The van der Waals surface area contributed by atoms with Gasteiger partial charge in [-0.3, -0.25) is 0 Å². The minimum atomic E-state index is 0.529. The monoisotopic (exact) mass is 349 g/mol. The molecular weight excluding hydrogens is 330 g/mol. The molecule has 0 fully saturated rings. The van der Waals surface area contributed by atoms with E-state index in [2.05, 4.69) is 50.4 Å². The third kappa shape index (κ3) is 4.60. The summed E-state index contributed by atoms with van der Waals surface area (Å²) in [5.74, 6) is 1.91. The molecule has 1 aromatic heterocycles. The van der Waals surface area contributed by atoms with Gasteiger partial charge in [-0.05, 0) is 30.5 Å². The summed E-state index contributed by atoms with van der Waals surface area (Å²) >= 11 is 3.44. The van der Waals surface area contributed by atoms with Crippen molar-refractivity contribution in [1.29, 1.82) is 0 Å². The van der Waals surface area contributed by atoms with Crippen molar-refractivity contribution >= 4 is 38.9 Å². The molecule has 0 amide bonds. The van der Waals surface area contributed by atoms with Gasteiger partial charge in [-0.1, -0.05) is 35.8 Å². The molecule has 0 spiro atoms. The van der Waals surface area contributed by atoms with Gasteiger partial charge in [0.15, 0.2) is 11.6 Å². The molecule has 2 aromatic rings. The average molecular weight is 350 g/mol. The van der Waals surface area contributed by atoms with Crippen molar-refractivity contribution in [3.8, 4) is 0 Å². The molecule has 0 atom stereocenters. The standard InChI is InChI=1S/C15H20BrN5/c1-10(2)6-7-18-14-13(17)15(20-9-19-14)21-12-5-3-4-11(16)8-12/h3-5,8-10H,6-7,17H2,1-2H3,(H2,18,19,20,21). The molecule has 1 aromatic carbocycles. The highest BCUT2D eigenvalue weighted by atomic mass is 79.9. The van der Waals surface area contributed by atoms with Crippen LogP contribution in [0.3, 0.4) is 0 Å². The van der Waals surface area contributed by atoms with E-state index in [9.17, 15) is 0 Å². The fraction of sp³-hybridized carbons (Fsp3) is 0.333. The van der Waals surface area contributed by atoms with Crippen LogP contribution in [0.4, 0.5) is 23.0 Å². The van der Waals surface area contributed by atoms with Crippen LogP contribution in [0.5, 0.6) is 0 Å². The lowest BCUT2D eigenvalue weighted by Crippen LogP contribution is -2.10. The lowest BCUT2D eigenvalue weighted by molar-refractivity contribution is 0.606. The first-order valence-corrected chi connectivity index (χ1v) is 7.72. The van der Waals surface area contributed by atoms with Crippen LogP contribution in [-0.2, 0) is 0 Å². The number of benzene rings is 1. The van der Waals surface area contributed by atoms with Gasteiger partial charge >= 0.3 is 0 Å². The minimum absolute atomic E-state index is 0.529. The van der Waals surface area contributed by atoms with Crippen molar-refractivity contribution in [2.24, 2.45) is 5.92 Å². The molecule has 0 radical (unpaired) electrons. The first kappa shape index (κ1) is 15.6. The number of nitrogens with zero attached hydrogens (tertiary/aromatic N) is 2. The number of rotatable bonds is 6. The van der Waals surface area contributed by atoms with Gasteiger partial charge in [0.05, 0.1) is 0 Å². The fourth-order valence-electron chi connectivity index (χ4n) is 1.82. The van der Waals surface area contributed by atoms with Gasteiger partial charge in [-0.15, -0.1) is 0 Å². The van der Waals surface area contributed by atoms with E-state index in [1.807, 2.05) is 24.3 Å². The van der Waals surface area contributed by atoms with E-state index in [4.69, 9.17) is 5.73 Å². The minimum Gasteiger partial charge on any atom is -0.393 e. The second kappa shape index (κ2) is 7.26. The van der Waals surface area contributed by atoms with Gasteiger partial charge in [0.2, 0.25) is 0 Å². The third-order valence-corrected chi connectivity index (χ3v) is 3.48. The van der Waals surface area contributed by atoms with Gasteiger partial charge < -0.3 is 16.4 Å². The van der Waals surface area contributed by atoms with E-state index >= 15 is 0 Å². The summed E-state index contributed by atoms with van der Waals surface area (Å²) in [6.07, 6.45) is 2.58. The lowest BCUT2D eigenvalue weighted by Gasteiger charge is -2.13. The zero-order valence-electron chi connectivity index (χ0n) is 12.2. The zero-order valence-corrected chi connectivity index (χ0v) is 13.8. The number of nitrogen functional groups attached to an aromatic ring is 1. The van der Waals surface area contributed by atoms with Crippen LogP contribution in [0.25, 0.3) is 0 Å². The molecule has 0 saturated carbocycles. The number of hydrogen-bond donors (Lipinski definition) is 3. The van der Waals surface area contributed by atoms with E-state index in [0.717, 1.165) is 23.1 Å². The predicted octanol–water partition coefficient (Wildman–Crippen LogP) is 4.02. The SMILES string of the molecule is CC(C)CCNc1ncnc(Nc2cccc(Br)c2)c1N. The Kier molecular flexibility index (Phi) is 5.38. The second-order valence-corrected chi connectivity index (χ2v) is 6.14. The number of nitrogens with one attached hydrogen (secondary N) is 2. The molecule has 112 valence electrons. The van der Waals surface area contributed by atoms with Gasteiger partial charge in [0.25, 0.3) is 0 Å². The summed E-state index contributed by atoms with van der Waals surface area (Å²) in [7, 11) is 0. The maximum absolute atomic E-state index is 6.12. The number of anilines is 4. The van der Waals surface area contributed by atoms with Crippen LogP contribution in [0.1, 0.15) is 20.3 Å². The smallest absolute Gasteiger partial charge is 0.159 e. The van der Waals surface area contributed by atoms with Crippen molar-refractivity contribution < 1.29 is 0 Å². The number of nitrogens with two attached hydrogens (primary N) is 1. The van der Waals surface area contributed by atoms with Crippen LogP contribution < -0.4 is 16.4 Å². The van der Waals surface area contributed by atoms with Gasteiger partial charge in [0.1, 0.15) is 12.0 Å². The Bertz CT molecular complexity index is 600. The first-order chi connectivity index (χ1) is 10.1. The van der Waals surface area contributed by atoms with Crippen molar-refractivity contribution in [2.75, 3.05) is 22.9 Å². The van der Waals surface area contributed by atoms with E-state index in [-0.39, 0.29) is 0 Å². The van der Waals surface area contributed by atoms with Crippen LogP contribution >= 0.6 is 15.9 Å². The maximum Gasteiger partial charge on any atom is 0.159 e. The normalized spacial score (nSPS) is 10.7. The van der Waals surface area contributed by atoms with Gasteiger partial charge in [-0.2, -0.15) is 0 Å². The molecule has 5 nitrogen and oxygen atoms in total. The lowest BCUT2D eigenvalue weighted by atomic mass is 10.1. The highest BCUT2D eigenvalue weighted by Gasteiger charge is 2.08. The summed E-state index contributed by atoms with van der Waals surface area (Å²) in [6.45, 7) is 5.21. The largest absolute Gasteiger partial charge is 0.393 e. The van der Waals surface area contributed by atoms with E-state index in [1.54, 1.807) is 0 Å². The quantitative estimate of drug-likeness (QED) is 0.734. The second-order valence-electron chi connectivity index (χ2n) is 5.23. The number of halogens is 1. The first-order valence-electron chi connectivity index (χ1n) is 6.93. The molecule has 0 saturated heterocycles. The van der Waals surface area contributed by atoms with Crippen LogP contribution in [0.15, 0.2) is 35.1 Å². The molecule has 0 bridgehead atoms. The Balaban J connectivity index is 2.10. The molecule has 6 heteroatoms. The number of hydrogen-bond acceptors (Lipinski definition) is 5. The summed E-state index contributed by atoms with van der Waals surface area (Å²) in [5.41, 5.74) is 7.57. The highest BCUT2D eigenvalue weighted by Crippen LogP contribution is 2.26. The molecule has 0 aliphatic heterocycles. The van der Waals surface area contributed by atoms with Crippen molar-refractivity contribution in [2.45, 2.75) is 20.3 Å². The average Bonchev–Trinajstić information content (AvgIpc) is 2.42.